The van der Waals surface area contributed by atoms with E-state index < -0.39 is 15.7 Å². The molecule has 5 aliphatic carbocycles. The highest BCUT2D eigenvalue weighted by atomic mass is 32.2. The predicted octanol–water partition coefficient (Wildman–Crippen LogP) is 13.4. The second-order valence-electron chi connectivity index (χ2n) is 36.9. The average molecular weight is 1910 g/mol. The summed E-state index contributed by atoms with van der Waals surface area (Å²) < 4.78 is 96.5. The maximum Gasteiger partial charge on any atom is 0.225 e. The molecule has 0 bridgehead atoms. The van der Waals surface area contributed by atoms with Crippen LogP contribution in [0.4, 0.5) is 56.5 Å². The van der Waals surface area contributed by atoms with Crippen molar-refractivity contribution < 1.29 is 60.2 Å². The first-order valence-corrected chi connectivity index (χ1v) is 50.7. The van der Waals surface area contributed by atoms with E-state index in [0.717, 1.165) is 333 Å². The number of anilines is 9. The van der Waals surface area contributed by atoms with Crippen molar-refractivity contribution in [2.75, 3.05) is 177 Å². The van der Waals surface area contributed by atoms with Gasteiger partial charge in [-0.05, 0) is 178 Å². The third kappa shape index (κ3) is 25.5. The van der Waals surface area contributed by atoms with Gasteiger partial charge in [-0.25, -0.2) is 57.7 Å². The van der Waals surface area contributed by atoms with Gasteiger partial charge in [0.2, 0.25) is 11.9 Å². The van der Waals surface area contributed by atoms with Crippen molar-refractivity contribution in [2.24, 2.45) is 5.92 Å². The molecule has 5 saturated carbocycles. The molecule has 10 fully saturated rings. The lowest BCUT2D eigenvalue weighted by Gasteiger charge is -2.31. The van der Waals surface area contributed by atoms with Crippen LogP contribution in [-0.2, 0) is 33.5 Å². The summed E-state index contributed by atoms with van der Waals surface area (Å²) in [7, 11) is -3.35. The molecule has 37 nitrogen and oxygen atoms in total. The largest absolute Gasteiger partial charge is 0.490 e. The van der Waals surface area contributed by atoms with Crippen LogP contribution in [0, 0.1) is 25.6 Å². The molecule has 0 amide bonds. The summed E-state index contributed by atoms with van der Waals surface area (Å²) >= 11 is 0. The smallest absolute Gasteiger partial charge is 0.225 e. The van der Waals surface area contributed by atoms with E-state index in [1.165, 1.54) is 25.1 Å². The van der Waals surface area contributed by atoms with Gasteiger partial charge in [-0.1, -0.05) is 0 Å². The summed E-state index contributed by atoms with van der Waals surface area (Å²) in [4.78, 5) is 71.9. The minimum absolute atomic E-state index is 0.0233. The number of ether oxygens (including phenoxy) is 10. The van der Waals surface area contributed by atoms with Crippen molar-refractivity contribution in [3.63, 3.8) is 0 Å². The van der Waals surface area contributed by atoms with Crippen LogP contribution >= 0.6 is 0 Å². The number of morpholine rings is 4. The lowest BCUT2D eigenvalue weighted by Crippen LogP contribution is -2.36. The van der Waals surface area contributed by atoms with Gasteiger partial charge in [0.1, 0.15) is 62.5 Å². The van der Waals surface area contributed by atoms with E-state index in [1.807, 2.05) is 19.9 Å². The molecule has 0 spiro atoms. The first-order valence-electron chi connectivity index (χ1n) is 48.8. The predicted molar refractivity (Wildman–Crippen MR) is 523 cm³/mol. The highest BCUT2D eigenvalue weighted by Gasteiger charge is 2.33. The number of benzene rings is 4. The van der Waals surface area contributed by atoms with E-state index in [4.69, 9.17) is 47.4 Å². The molecule has 4 aromatic carbocycles. The number of nitrogens with one attached hydrogen (secondary N) is 5. The molecule has 12 aromatic rings. The van der Waals surface area contributed by atoms with Crippen LogP contribution < -0.4 is 69.9 Å². The maximum absolute atomic E-state index is 14.2. The molecule has 5 N–H and O–H groups in total. The number of aromatic nitrogens is 16. The zero-order valence-electron chi connectivity index (χ0n) is 78.5. The molecule has 1 atom stereocenters. The first kappa shape index (κ1) is 94.4. The van der Waals surface area contributed by atoms with Gasteiger partial charge in [0.05, 0.1) is 137 Å². The topological polar surface area (TPSA) is 406 Å². The summed E-state index contributed by atoms with van der Waals surface area (Å²) in [5, 5.41) is 24.7. The molecular formula is C99H122FN25O12S. The van der Waals surface area contributed by atoms with Gasteiger partial charge in [-0.3, -0.25) is 19.9 Å². The number of nitrogens with zero attached hydrogens (tertiary/aromatic N) is 20. The Morgan fingerprint density at radius 2 is 0.746 bits per heavy atom. The number of aryl methyl sites for hydroxylation is 2. The molecule has 0 radical (unpaired) electrons. The summed E-state index contributed by atoms with van der Waals surface area (Å²) in [5.41, 5.74) is 12.0. The monoisotopic (exact) mass is 1900 g/mol. The lowest BCUT2D eigenvalue weighted by molar-refractivity contribution is 0.122. The van der Waals surface area contributed by atoms with Crippen LogP contribution in [0.2, 0.25) is 0 Å². The highest BCUT2D eigenvalue weighted by molar-refractivity contribution is 7.90. The van der Waals surface area contributed by atoms with Gasteiger partial charge in [0.25, 0.3) is 0 Å². The maximum atomic E-state index is 14.2. The van der Waals surface area contributed by atoms with Crippen molar-refractivity contribution in [2.45, 2.75) is 195 Å². The van der Waals surface area contributed by atoms with E-state index in [9.17, 15) is 12.8 Å². The number of fused-ring (bicyclic) bond motifs is 4. The summed E-state index contributed by atoms with van der Waals surface area (Å²) in [6.07, 6.45) is 38.6. The summed E-state index contributed by atoms with van der Waals surface area (Å²) in [5.74, 6) is 7.82. The van der Waals surface area contributed by atoms with Crippen LogP contribution in [0.15, 0.2) is 140 Å². The Bertz CT molecular complexity index is 6120. The van der Waals surface area contributed by atoms with E-state index in [-0.39, 0.29) is 53.4 Å². The van der Waals surface area contributed by atoms with Gasteiger partial charge >= 0.3 is 0 Å². The molecule has 39 heteroatoms. The van der Waals surface area contributed by atoms with E-state index in [1.54, 1.807) is 68.0 Å². The Kier molecular flexibility index (Phi) is 31.0. The fourth-order valence-corrected chi connectivity index (χ4v) is 19.5. The van der Waals surface area contributed by atoms with Crippen LogP contribution in [-0.4, -0.2) is 274 Å². The Balaban J connectivity index is 0.000000118. The molecule has 22 rings (SSSR count). The number of hydrogen-bond donors (Lipinski definition) is 5. The Hall–Kier alpha value is -12.6. The van der Waals surface area contributed by atoms with Gasteiger partial charge in [-0.2, -0.15) is 4.98 Å². The summed E-state index contributed by atoms with van der Waals surface area (Å²) in [6, 6.07) is 23.1. The third-order valence-electron chi connectivity index (χ3n) is 26.7. The SMILES string of the molecule is CS(=O)(=O)c1ccc(NC2CCC(Oc3cc(N4CCOCC4)cc4nccnc34)CC2)nn1.Cc1cc(NC2CCC(Oc3cc(N4CCOCC4)cc4nccnc34)CC2)nc(C)n1.Fc1cnc(NC2CCC(Oc3cc(N4CCOCC4)cc4nccnc34)CC2)nc1NC1CCOC1.c1cnc2c(OC3CCC(Nc4ncc(OCC5CC5)cn4)CC3)cc(N3CCOCC3)cc2n1. The minimum Gasteiger partial charge on any atom is -0.490 e. The quantitative estimate of drug-likeness (QED) is 0.0336. The second-order valence-corrected chi connectivity index (χ2v) is 38.8. The number of halogens is 1. The van der Waals surface area contributed by atoms with Crippen molar-refractivity contribution in [3.05, 3.63) is 152 Å². The molecular weight excluding hydrogens is 1780 g/mol. The number of hydrogen-bond acceptors (Lipinski definition) is 37. The summed E-state index contributed by atoms with van der Waals surface area (Å²) in [6.45, 7) is 18.7. The third-order valence-corrected chi connectivity index (χ3v) is 27.6. The zero-order chi connectivity index (χ0) is 93.9. The van der Waals surface area contributed by atoms with Gasteiger partial charge in [0.15, 0.2) is 32.2 Å². The number of rotatable bonds is 26. The Morgan fingerprint density at radius 3 is 1.11 bits per heavy atom. The molecule has 13 heterocycles. The Labute approximate surface area is 801 Å². The average Bonchev–Trinajstić information content (AvgIpc) is 1.08. The molecule has 5 aliphatic heterocycles. The van der Waals surface area contributed by atoms with E-state index in [2.05, 4.69) is 175 Å². The molecule has 8 aromatic heterocycles. The van der Waals surface area contributed by atoms with E-state index in [0.29, 0.717) is 56.2 Å². The fourth-order valence-electron chi connectivity index (χ4n) is 19.0. The standard InChI is InChI=1S/C26H32FN7O3.C26H32N6O3.C24H30N6O2.C23H28N6O4S/c27-21-15-30-26(33-25(21)31-18-5-10-36-16-18)32-17-1-3-20(4-2-17)37-23-14-19(34-8-11-35-12-9-34)13-22-24(23)29-7-6-28-22;1-2-18(1)17-34-22-15-29-26(30-16-22)31-19-3-5-21(6-4-19)35-24-14-20(32-9-11-33-12-10-32)13-23-25(24)28-8-7-27-23;1-16-13-23(28-17(2)27-16)29-18-3-5-20(6-4-18)32-22-15-19(30-9-11-31-12-10-30)14-21-24(22)26-8-7-25-21;1-34(30,31)22-7-6-21(27-28-22)26-16-2-4-18(5-3-16)33-20-15-17(29-10-12-32-13-11-29)14-19-23(20)25-9-8-24-19/h6-7,13-15,17-18,20H,1-5,8-12,16H2,(H2,30,31,32,33);7-8,13-16,18-19,21H,1-6,9-12,17H2,(H,29,30,31);7-8,13-15,18,20H,3-6,9-12H2,1-2H3,(H,27,28,29);6-9,14-16,18H,2-5,10-13H2,1H3,(H,26,27). The van der Waals surface area contributed by atoms with Crippen molar-refractivity contribution in [1.82, 2.24) is 80.0 Å². The van der Waals surface area contributed by atoms with Crippen LogP contribution in [0.1, 0.15) is 134 Å². The molecule has 728 valence electrons. The number of sulfone groups is 1. The van der Waals surface area contributed by atoms with Gasteiger partial charge in [0, 0.05) is 198 Å². The highest BCUT2D eigenvalue weighted by Crippen LogP contribution is 2.41. The van der Waals surface area contributed by atoms with Crippen LogP contribution in [0.5, 0.6) is 28.7 Å². The second kappa shape index (κ2) is 45.4. The van der Waals surface area contributed by atoms with Gasteiger partial charge < -0.3 is 93.6 Å². The van der Waals surface area contributed by atoms with Crippen molar-refractivity contribution in [3.8, 4) is 28.7 Å². The van der Waals surface area contributed by atoms with Crippen LogP contribution in [0.25, 0.3) is 44.1 Å². The fraction of sp³-hybridized carbons (Fsp3) is 0.515. The Morgan fingerprint density at radius 1 is 0.370 bits per heavy atom. The zero-order valence-corrected chi connectivity index (χ0v) is 79.3. The molecule has 5 saturated heterocycles. The first-order chi connectivity index (χ1) is 67.6. The van der Waals surface area contributed by atoms with E-state index >= 15 is 0 Å². The minimum atomic E-state index is -3.35. The molecule has 138 heavy (non-hydrogen) atoms. The van der Waals surface area contributed by atoms with Crippen LogP contribution in [0.3, 0.4) is 0 Å². The van der Waals surface area contributed by atoms with Crippen molar-refractivity contribution in [1.29, 1.82) is 0 Å². The van der Waals surface area contributed by atoms with Crippen molar-refractivity contribution >= 4 is 106 Å². The molecule has 10 aliphatic rings. The lowest BCUT2D eigenvalue weighted by atomic mass is 9.93. The van der Waals surface area contributed by atoms with Gasteiger partial charge in [-0.15, -0.1) is 10.2 Å². The molecule has 1 unspecified atom stereocenters. The normalized spacial score (nSPS) is 22.5.